The molecule has 8 heteroatoms. The van der Waals surface area contributed by atoms with E-state index in [0.29, 0.717) is 30.8 Å². The van der Waals surface area contributed by atoms with Crippen molar-refractivity contribution in [2.45, 2.75) is 19.3 Å². The van der Waals surface area contributed by atoms with Gasteiger partial charge in [-0.2, -0.15) is 5.10 Å². The van der Waals surface area contributed by atoms with Crippen molar-refractivity contribution in [1.29, 1.82) is 0 Å². The Morgan fingerprint density at radius 3 is 2.78 bits per heavy atom. The lowest BCUT2D eigenvalue weighted by Crippen LogP contribution is -2.38. The highest BCUT2D eigenvalue weighted by Crippen LogP contribution is 2.24. The Hall–Kier alpha value is -3.10. The first-order chi connectivity index (χ1) is 15.7. The van der Waals surface area contributed by atoms with E-state index >= 15 is 0 Å². The van der Waals surface area contributed by atoms with Gasteiger partial charge in [0.05, 0.1) is 24.6 Å². The van der Waals surface area contributed by atoms with E-state index in [4.69, 9.17) is 4.74 Å². The Kier molecular flexibility index (Phi) is 7.58. The minimum absolute atomic E-state index is 0.00618. The van der Waals surface area contributed by atoms with Gasteiger partial charge in [0.25, 0.3) is 0 Å². The number of rotatable bonds is 9. The van der Waals surface area contributed by atoms with Crippen molar-refractivity contribution in [2.75, 3.05) is 39.4 Å². The topological polar surface area (TPSA) is 72.3 Å². The van der Waals surface area contributed by atoms with Crippen LogP contribution in [0, 0.1) is 5.82 Å². The first-order valence-electron chi connectivity index (χ1n) is 11.0. The van der Waals surface area contributed by atoms with Gasteiger partial charge in [-0.3, -0.25) is 9.69 Å². The van der Waals surface area contributed by atoms with Crippen LogP contribution >= 0.6 is 0 Å². The Bertz CT molecular complexity index is 1020. The average molecular weight is 438 g/mol. The monoisotopic (exact) mass is 437 g/mol. The van der Waals surface area contributed by atoms with Gasteiger partial charge >= 0.3 is 0 Å². The van der Waals surface area contributed by atoms with Crippen LogP contribution in [0.3, 0.4) is 0 Å². The van der Waals surface area contributed by atoms with E-state index in [0.717, 1.165) is 50.7 Å². The van der Waals surface area contributed by atoms with Crippen LogP contribution in [0.4, 0.5) is 4.39 Å². The molecule has 1 N–H and O–H groups in total. The Balaban J connectivity index is 1.35. The van der Waals surface area contributed by atoms with Crippen molar-refractivity contribution in [3.63, 3.8) is 0 Å². The molecule has 1 amide bonds. The number of benzene rings is 1. The van der Waals surface area contributed by atoms with Crippen molar-refractivity contribution in [3.05, 3.63) is 66.2 Å². The molecule has 0 aliphatic carbocycles. The van der Waals surface area contributed by atoms with Crippen LogP contribution in [0.2, 0.25) is 0 Å². The molecule has 2 aromatic heterocycles. The zero-order valence-corrected chi connectivity index (χ0v) is 18.0. The largest absolute Gasteiger partial charge is 0.379 e. The Labute approximate surface area is 187 Å². The molecule has 32 heavy (non-hydrogen) atoms. The number of pyridine rings is 1. The fourth-order valence-electron chi connectivity index (χ4n) is 3.74. The van der Waals surface area contributed by atoms with E-state index in [2.05, 4.69) is 20.3 Å². The number of aromatic nitrogens is 3. The fraction of sp³-hybridized carbons (Fsp3) is 0.375. The van der Waals surface area contributed by atoms with Crippen molar-refractivity contribution < 1.29 is 13.9 Å². The number of halogens is 1. The molecule has 1 fully saturated rings. The maximum absolute atomic E-state index is 13.8. The van der Waals surface area contributed by atoms with Crippen LogP contribution in [-0.4, -0.2) is 65.0 Å². The van der Waals surface area contributed by atoms with Gasteiger partial charge in [0.15, 0.2) is 5.82 Å². The van der Waals surface area contributed by atoms with E-state index in [1.54, 1.807) is 16.9 Å². The smallest absolute Gasteiger partial charge is 0.220 e. The third-order valence-corrected chi connectivity index (χ3v) is 5.43. The summed E-state index contributed by atoms with van der Waals surface area (Å²) in [6.07, 6.45) is 3.46. The molecule has 4 rings (SSSR count). The summed E-state index contributed by atoms with van der Waals surface area (Å²) in [6, 6.07) is 13.9. The number of hydrogen-bond acceptors (Lipinski definition) is 5. The summed E-state index contributed by atoms with van der Waals surface area (Å²) in [5.41, 5.74) is 2.21. The predicted octanol–water partition coefficient (Wildman–Crippen LogP) is 2.84. The first-order valence-corrected chi connectivity index (χ1v) is 11.0. The summed E-state index contributed by atoms with van der Waals surface area (Å²) < 4.78 is 20.9. The summed E-state index contributed by atoms with van der Waals surface area (Å²) in [5.74, 6) is 0.339. The minimum atomic E-state index is -0.311. The van der Waals surface area contributed by atoms with Crippen LogP contribution in [0.15, 0.2) is 54.7 Å². The van der Waals surface area contributed by atoms with E-state index in [1.165, 1.54) is 12.1 Å². The quantitative estimate of drug-likeness (QED) is 0.521. The van der Waals surface area contributed by atoms with Crippen molar-refractivity contribution >= 4 is 5.91 Å². The number of ether oxygens (including phenoxy) is 1. The molecule has 7 nitrogen and oxygen atoms in total. The van der Waals surface area contributed by atoms with Gasteiger partial charge in [-0.05, 0) is 43.3 Å². The molecule has 3 heterocycles. The van der Waals surface area contributed by atoms with Crippen LogP contribution in [0.1, 0.15) is 18.5 Å². The molecule has 1 saturated heterocycles. The second-order valence-electron chi connectivity index (χ2n) is 7.79. The average Bonchev–Trinajstić information content (AvgIpc) is 3.26. The van der Waals surface area contributed by atoms with Crippen molar-refractivity contribution in [1.82, 2.24) is 25.0 Å². The van der Waals surface area contributed by atoms with Crippen molar-refractivity contribution in [2.24, 2.45) is 0 Å². The van der Waals surface area contributed by atoms with E-state index in [1.807, 2.05) is 30.3 Å². The highest BCUT2D eigenvalue weighted by molar-refractivity contribution is 5.76. The highest BCUT2D eigenvalue weighted by Gasteiger charge is 2.14. The summed E-state index contributed by atoms with van der Waals surface area (Å²) in [7, 11) is 0. The zero-order chi connectivity index (χ0) is 22.2. The lowest BCUT2D eigenvalue weighted by atomic mass is 10.1. The van der Waals surface area contributed by atoms with Crippen LogP contribution < -0.4 is 5.32 Å². The Morgan fingerprint density at radius 1 is 1.12 bits per heavy atom. The van der Waals surface area contributed by atoms with Gasteiger partial charge in [-0.25, -0.2) is 14.1 Å². The SMILES string of the molecule is O=C(CCc1cc(-c2cccc(F)c2)n(-c2ccccn2)n1)NCCCN1CCOCC1. The summed E-state index contributed by atoms with van der Waals surface area (Å²) in [6.45, 7) is 5.12. The molecular formula is C24H28FN5O2. The maximum atomic E-state index is 13.8. The number of carbonyl (C=O) groups is 1. The fourth-order valence-corrected chi connectivity index (χ4v) is 3.74. The second-order valence-corrected chi connectivity index (χ2v) is 7.79. The van der Waals surface area contributed by atoms with Gasteiger partial charge in [-0.1, -0.05) is 18.2 Å². The van der Waals surface area contributed by atoms with Crippen molar-refractivity contribution in [3.8, 4) is 17.1 Å². The summed E-state index contributed by atoms with van der Waals surface area (Å²) in [5, 5.41) is 7.64. The standard InChI is InChI=1S/C24H28FN5O2/c25-20-6-3-5-19(17-20)22-18-21(28-30(22)23-7-1-2-10-26-23)8-9-24(31)27-11-4-12-29-13-15-32-16-14-29/h1-3,5-7,10,17-18H,4,8-9,11-16H2,(H,27,31). The first kappa shape index (κ1) is 22.1. The molecule has 1 aromatic carbocycles. The Morgan fingerprint density at radius 2 is 2.00 bits per heavy atom. The molecule has 0 saturated carbocycles. The van der Waals surface area contributed by atoms with E-state index in [9.17, 15) is 9.18 Å². The minimum Gasteiger partial charge on any atom is -0.379 e. The number of carbonyl (C=O) groups excluding carboxylic acids is 1. The summed E-state index contributed by atoms with van der Waals surface area (Å²) >= 11 is 0. The maximum Gasteiger partial charge on any atom is 0.220 e. The number of nitrogens with zero attached hydrogens (tertiary/aromatic N) is 4. The number of morpholine rings is 1. The van der Waals surface area contributed by atoms with Gasteiger partial charge in [0.1, 0.15) is 5.82 Å². The number of aryl methyl sites for hydroxylation is 1. The molecule has 0 unspecified atom stereocenters. The van der Waals surface area contributed by atoms with Crippen LogP contribution in [-0.2, 0) is 16.0 Å². The molecule has 0 spiro atoms. The molecular weight excluding hydrogens is 409 g/mol. The zero-order valence-electron chi connectivity index (χ0n) is 18.0. The molecule has 0 atom stereocenters. The van der Waals surface area contributed by atoms with Gasteiger partial charge in [0.2, 0.25) is 5.91 Å². The number of nitrogens with one attached hydrogen (secondary N) is 1. The summed E-state index contributed by atoms with van der Waals surface area (Å²) in [4.78, 5) is 19.0. The van der Waals surface area contributed by atoms with E-state index in [-0.39, 0.29) is 11.7 Å². The number of amides is 1. The van der Waals surface area contributed by atoms with Gasteiger partial charge in [-0.15, -0.1) is 0 Å². The highest BCUT2D eigenvalue weighted by atomic mass is 19.1. The third kappa shape index (κ3) is 5.99. The molecule has 3 aromatic rings. The molecule has 1 aliphatic heterocycles. The molecule has 168 valence electrons. The van der Waals surface area contributed by atoms with Crippen LogP contribution in [0.25, 0.3) is 17.1 Å². The van der Waals surface area contributed by atoms with Crippen LogP contribution in [0.5, 0.6) is 0 Å². The normalized spacial score (nSPS) is 14.4. The van der Waals surface area contributed by atoms with Gasteiger partial charge < -0.3 is 10.1 Å². The molecule has 0 radical (unpaired) electrons. The predicted molar refractivity (Wildman–Crippen MR) is 120 cm³/mol. The number of hydrogen-bond donors (Lipinski definition) is 1. The lowest BCUT2D eigenvalue weighted by molar-refractivity contribution is -0.121. The second kappa shape index (κ2) is 11.0. The molecule has 0 bridgehead atoms. The van der Waals surface area contributed by atoms with Gasteiger partial charge in [0, 0.05) is 44.2 Å². The lowest BCUT2D eigenvalue weighted by Gasteiger charge is -2.26. The third-order valence-electron chi connectivity index (χ3n) is 5.43. The molecule has 1 aliphatic rings. The van der Waals surface area contributed by atoms with E-state index < -0.39 is 0 Å².